The van der Waals surface area contributed by atoms with Gasteiger partial charge in [0, 0.05) is 11.6 Å². The van der Waals surface area contributed by atoms with Crippen LogP contribution in [-0.4, -0.2) is 10.7 Å². The van der Waals surface area contributed by atoms with Gasteiger partial charge in [0.2, 0.25) is 5.75 Å². The first-order chi connectivity index (χ1) is 9.90. The van der Waals surface area contributed by atoms with E-state index in [9.17, 15) is 19.3 Å². The van der Waals surface area contributed by atoms with Gasteiger partial charge in [-0.25, -0.2) is 4.39 Å². The minimum Gasteiger partial charge on any atom is -0.447 e. The molecule has 21 heavy (non-hydrogen) atoms. The minimum atomic E-state index is -0.750. The van der Waals surface area contributed by atoms with E-state index in [1.165, 1.54) is 31.2 Å². The molecule has 0 radical (unpaired) electrons. The average molecular weight is 289 g/mol. The van der Waals surface area contributed by atoms with Crippen LogP contribution in [0.1, 0.15) is 22.8 Å². The minimum absolute atomic E-state index is 0.0167. The molecule has 0 aliphatic rings. The number of ether oxygens (including phenoxy) is 1. The van der Waals surface area contributed by atoms with Gasteiger partial charge in [-0.3, -0.25) is 14.9 Å². The topological polar surface area (TPSA) is 69.4 Å². The number of nitrogens with zero attached hydrogens (tertiary/aromatic N) is 1. The molecule has 0 N–H and O–H groups in total. The molecule has 0 saturated heterocycles. The maximum absolute atomic E-state index is 13.9. The van der Waals surface area contributed by atoms with Crippen LogP contribution in [0.5, 0.6) is 11.5 Å². The fourth-order valence-electron chi connectivity index (χ4n) is 1.83. The third kappa shape index (κ3) is 3.05. The summed E-state index contributed by atoms with van der Waals surface area (Å²) in [6.07, 6.45) is 0. The monoisotopic (exact) mass is 289 g/mol. The van der Waals surface area contributed by atoms with Crippen molar-refractivity contribution in [3.63, 3.8) is 0 Å². The maximum Gasteiger partial charge on any atom is 0.311 e. The Hall–Kier alpha value is -2.76. The Morgan fingerprint density at radius 3 is 2.57 bits per heavy atom. The molecule has 0 bridgehead atoms. The third-order valence-electron chi connectivity index (χ3n) is 2.94. The third-order valence-corrected chi connectivity index (χ3v) is 2.94. The molecule has 6 heteroatoms. The van der Waals surface area contributed by atoms with Crippen LogP contribution in [-0.2, 0) is 0 Å². The van der Waals surface area contributed by atoms with Crippen LogP contribution in [0.4, 0.5) is 10.1 Å². The fourth-order valence-corrected chi connectivity index (χ4v) is 1.83. The summed E-state index contributed by atoms with van der Waals surface area (Å²) >= 11 is 0. The van der Waals surface area contributed by atoms with Crippen molar-refractivity contribution in [1.82, 2.24) is 0 Å². The van der Waals surface area contributed by atoms with Gasteiger partial charge >= 0.3 is 5.69 Å². The summed E-state index contributed by atoms with van der Waals surface area (Å²) in [6.45, 7) is 2.95. The number of nitro groups is 1. The summed E-state index contributed by atoms with van der Waals surface area (Å²) in [5.41, 5.74) is 0.475. The first kappa shape index (κ1) is 14.6. The molecule has 2 rings (SSSR count). The lowest BCUT2D eigenvalue weighted by atomic mass is 10.1. The summed E-state index contributed by atoms with van der Waals surface area (Å²) in [6, 6.07) is 8.17. The van der Waals surface area contributed by atoms with E-state index < -0.39 is 10.7 Å². The molecule has 0 spiro atoms. The largest absolute Gasteiger partial charge is 0.447 e. The van der Waals surface area contributed by atoms with E-state index >= 15 is 0 Å². The first-order valence-electron chi connectivity index (χ1n) is 6.12. The van der Waals surface area contributed by atoms with Crippen molar-refractivity contribution in [2.24, 2.45) is 0 Å². The molecule has 108 valence electrons. The van der Waals surface area contributed by atoms with Gasteiger partial charge in [0.1, 0.15) is 0 Å². The molecule has 0 aliphatic heterocycles. The fraction of sp³-hybridized carbons (Fsp3) is 0.133. The molecule has 5 nitrogen and oxygen atoms in total. The lowest BCUT2D eigenvalue weighted by molar-refractivity contribution is -0.385. The van der Waals surface area contributed by atoms with Crippen molar-refractivity contribution in [2.75, 3.05) is 0 Å². The number of hydrogen-bond donors (Lipinski definition) is 0. The van der Waals surface area contributed by atoms with Crippen molar-refractivity contribution in [1.29, 1.82) is 0 Å². The Bertz CT molecular complexity index is 728. The number of carbonyl (C=O) groups excluding carboxylic acids is 1. The Morgan fingerprint density at radius 1 is 1.29 bits per heavy atom. The Balaban J connectivity index is 2.44. The number of nitro benzene ring substituents is 1. The van der Waals surface area contributed by atoms with Crippen LogP contribution in [0.25, 0.3) is 0 Å². The van der Waals surface area contributed by atoms with Crippen LogP contribution in [0.15, 0.2) is 36.4 Å². The number of hydrogen-bond acceptors (Lipinski definition) is 4. The van der Waals surface area contributed by atoms with Crippen LogP contribution in [0, 0.1) is 22.9 Å². The zero-order valence-electron chi connectivity index (χ0n) is 11.4. The SMILES string of the molecule is CC(=O)c1ccc(Oc2c(C)cccc2[N+](=O)[O-])c(F)c1. The number of para-hydroxylation sites is 1. The van der Waals surface area contributed by atoms with Gasteiger partial charge in [-0.1, -0.05) is 12.1 Å². The predicted molar refractivity (Wildman–Crippen MR) is 74.3 cm³/mol. The second kappa shape index (κ2) is 5.70. The summed E-state index contributed by atoms with van der Waals surface area (Å²) in [5, 5.41) is 11.0. The molecule has 0 aliphatic carbocycles. The van der Waals surface area contributed by atoms with E-state index in [1.807, 2.05) is 0 Å². The molecule has 2 aromatic carbocycles. The van der Waals surface area contributed by atoms with Crippen molar-refractivity contribution in [2.45, 2.75) is 13.8 Å². The van der Waals surface area contributed by atoms with Gasteiger partial charge in [-0.2, -0.15) is 0 Å². The van der Waals surface area contributed by atoms with Crippen LogP contribution < -0.4 is 4.74 Å². The van der Waals surface area contributed by atoms with E-state index in [2.05, 4.69) is 0 Å². The highest BCUT2D eigenvalue weighted by atomic mass is 19.1. The maximum atomic E-state index is 13.9. The van der Waals surface area contributed by atoms with E-state index in [0.29, 0.717) is 5.56 Å². The van der Waals surface area contributed by atoms with Gasteiger partial charge in [-0.05, 0) is 37.6 Å². The quantitative estimate of drug-likeness (QED) is 0.484. The van der Waals surface area contributed by atoms with Gasteiger partial charge in [-0.15, -0.1) is 0 Å². The van der Waals surface area contributed by atoms with Crippen molar-refractivity contribution in [3.8, 4) is 11.5 Å². The van der Waals surface area contributed by atoms with E-state index in [0.717, 1.165) is 6.07 Å². The normalized spacial score (nSPS) is 10.2. The number of aryl methyl sites for hydroxylation is 1. The zero-order valence-corrected chi connectivity index (χ0v) is 11.4. The second-order valence-electron chi connectivity index (χ2n) is 4.48. The van der Waals surface area contributed by atoms with Crippen LogP contribution in [0.2, 0.25) is 0 Å². The number of Topliss-reactive ketones (excluding diaryl/α,β-unsaturated/α-hetero) is 1. The predicted octanol–water partition coefficient (Wildman–Crippen LogP) is 4.04. The second-order valence-corrected chi connectivity index (χ2v) is 4.48. The molecular formula is C15H12FNO4. The van der Waals surface area contributed by atoms with Gasteiger partial charge in [0.15, 0.2) is 17.3 Å². The van der Waals surface area contributed by atoms with E-state index in [1.54, 1.807) is 13.0 Å². The van der Waals surface area contributed by atoms with Crippen molar-refractivity contribution >= 4 is 11.5 Å². The Kier molecular flexibility index (Phi) is 3.98. The lowest BCUT2D eigenvalue weighted by Crippen LogP contribution is -1.98. The average Bonchev–Trinajstić information content (AvgIpc) is 2.42. The number of benzene rings is 2. The standard InChI is InChI=1S/C15H12FNO4/c1-9-4-3-5-13(17(19)20)15(9)21-14-7-6-11(10(2)18)8-12(14)16/h3-8H,1-2H3. The van der Waals surface area contributed by atoms with Gasteiger partial charge < -0.3 is 4.74 Å². The van der Waals surface area contributed by atoms with Crippen molar-refractivity contribution < 1.29 is 18.8 Å². The molecule has 0 saturated carbocycles. The highest BCUT2D eigenvalue weighted by molar-refractivity contribution is 5.94. The first-order valence-corrected chi connectivity index (χ1v) is 6.12. The number of ketones is 1. The molecular weight excluding hydrogens is 277 g/mol. The van der Waals surface area contributed by atoms with Crippen LogP contribution >= 0.6 is 0 Å². The molecule has 2 aromatic rings. The smallest absolute Gasteiger partial charge is 0.311 e. The molecule has 0 amide bonds. The summed E-state index contributed by atoms with van der Waals surface area (Å²) in [5.74, 6) is -1.21. The molecule has 0 fully saturated rings. The number of halogens is 1. The Morgan fingerprint density at radius 2 is 2.00 bits per heavy atom. The summed E-state index contributed by atoms with van der Waals surface area (Å²) < 4.78 is 19.3. The molecule has 0 atom stereocenters. The van der Waals surface area contributed by atoms with E-state index in [4.69, 9.17) is 4.74 Å². The molecule has 0 unspecified atom stereocenters. The summed E-state index contributed by atoms with van der Waals surface area (Å²) in [7, 11) is 0. The van der Waals surface area contributed by atoms with Gasteiger partial charge in [0.25, 0.3) is 0 Å². The van der Waals surface area contributed by atoms with Crippen molar-refractivity contribution in [3.05, 3.63) is 63.5 Å². The highest BCUT2D eigenvalue weighted by Gasteiger charge is 2.19. The summed E-state index contributed by atoms with van der Waals surface area (Å²) in [4.78, 5) is 21.6. The number of carbonyl (C=O) groups is 1. The number of rotatable bonds is 4. The van der Waals surface area contributed by atoms with Crippen LogP contribution in [0.3, 0.4) is 0 Å². The highest BCUT2D eigenvalue weighted by Crippen LogP contribution is 2.35. The van der Waals surface area contributed by atoms with E-state index in [-0.39, 0.29) is 28.5 Å². The molecule has 0 heterocycles. The Labute approximate surface area is 120 Å². The zero-order chi connectivity index (χ0) is 15.6. The lowest BCUT2D eigenvalue weighted by Gasteiger charge is -2.10. The molecule has 0 aromatic heterocycles. The van der Waals surface area contributed by atoms with Gasteiger partial charge in [0.05, 0.1) is 4.92 Å².